The van der Waals surface area contributed by atoms with Crippen LogP contribution in [0.3, 0.4) is 0 Å². The van der Waals surface area contributed by atoms with Crippen molar-refractivity contribution in [3.63, 3.8) is 0 Å². The Kier molecular flexibility index (Phi) is 4.69. The highest BCUT2D eigenvalue weighted by Crippen LogP contribution is 2.42. The molecule has 29 heavy (non-hydrogen) atoms. The molecule has 0 radical (unpaired) electrons. The summed E-state index contributed by atoms with van der Waals surface area (Å²) in [6.45, 7) is 0. The molecule has 9 heteroatoms. The number of aryl methyl sites for hydroxylation is 2. The van der Waals surface area contributed by atoms with E-state index in [1.807, 2.05) is 24.3 Å². The molecule has 5 rings (SSSR count). The fourth-order valence-electron chi connectivity index (χ4n) is 3.27. The van der Waals surface area contributed by atoms with E-state index in [4.69, 9.17) is 8.83 Å². The third-order valence-electron chi connectivity index (χ3n) is 4.89. The van der Waals surface area contributed by atoms with Crippen LogP contribution in [0.25, 0.3) is 0 Å². The van der Waals surface area contributed by atoms with Gasteiger partial charge in [0.1, 0.15) is 23.2 Å². The Bertz CT molecular complexity index is 1040. The lowest BCUT2D eigenvalue weighted by molar-refractivity contribution is 0.454. The summed E-state index contributed by atoms with van der Waals surface area (Å²) >= 11 is 0. The molecule has 0 saturated heterocycles. The van der Waals surface area contributed by atoms with Gasteiger partial charge < -0.3 is 19.5 Å². The van der Waals surface area contributed by atoms with E-state index >= 15 is 0 Å². The summed E-state index contributed by atoms with van der Waals surface area (Å²) in [6, 6.07) is 7.68. The Labute approximate surface area is 167 Å². The number of oxazole rings is 1. The lowest BCUT2D eigenvalue weighted by atomic mass is 10.1. The molecule has 4 heterocycles. The molecule has 0 amide bonds. The zero-order valence-electron chi connectivity index (χ0n) is 15.7. The van der Waals surface area contributed by atoms with Gasteiger partial charge in [0, 0.05) is 18.7 Å². The maximum Gasteiger partial charge on any atom is 0.225 e. The summed E-state index contributed by atoms with van der Waals surface area (Å²) in [6.07, 6.45) is 10.5. The third kappa shape index (κ3) is 4.29. The molecule has 1 fully saturated rings. The average molecular weight is 391 g/mol. The predicted molar refractivity (Wildman–Crippen MR) is 106 cm³/mol. The molecule has 1 saturated carbocycles. The van der Waals surface area contributed by atoms with Gasteiger partial charge in [-0.05, 0) is 43.4 Å². The molecule has 148 valence electrons. The topological polar surface area (TPSA) is 118 Å². The van der Waals surface area contributed by atoms with Gasteiger partial charge >= 0.3 is 0 Å². The van der Waals surface area contributed by atoms with Gasteiger partial charge in [0.05, 0.1) is 24.2 Å². The number of aromatic amines is 1. The zero-order chi connectivity index (χ0) is 19.5. The van der Waals surface area contributed by atoms with Gasteiger partial charge in [0.25, 0.3) is 0 Å². The van der Waals surface area contributed by atoms with E-state index < -0.39 is 0 Å². The minimum atomic E-state index is 0.0353. The highest BCUT2D eigenvalue weighted by molar-refractivity contribution is 5.53. The minimum absolute atomic E-state index is 0.0353. The normalized spacial score (nSPS) is 14.6. The second-order valence-electron chi connectivity index (χ2n) is 7.11. The van der Waals surface area contributed by atoms with Crippen molar-refractivity contribution < 1.29 is 8.83 Å². The van der Waals surface area contributed by atoms with Crippen LogP contribution in [-0.4, -0.2) is 25.1 Å². The quantitative estimate of drug-likeness (QED) is 0.393. The Morgan fingerprint density at radius 2 is 2.17 bits per heavy atom. The van der Waals surface area contributed by atoms with Crippen molar-refractivity contribution >= 4 is 17.6 Å². The summed E-state index contributed by atoms with van der Waals surface area (Å²) < 4.78 is 10.8. The first kappa shape index (κ1) is 17.5. The number of hydrogen-bond acceptors (Lipinski definition) is 8. The van der Waals surface area contributed by atoms with E-state index in [0.29, 0.717) is 17.7 Å². The Balaban J connectivity index is 1.23. The van der Waals surface area contributed by atoms with Gasteiger partial charge in [0.15, 0.2) is 6.39 Å². The van der Waals surface area contributed by atoms with Gasteiger partial charge in [0.2, 0.25) is 5.95 Å². The number of anilines is 3. The molecule has 0 bridgehead atoms. The van der Waals surface area contributed by atoms with Gasteiger partial charge in [-0.25, -0.2) is 9.97 Å². The van der Waals surface area contributed by atoms with E-state index in [0.717, 1.165) is 48.7 Å². The fraction of sp³-hybridized carbons (Fsp3) is 0.300. The second-order valence-corrected chi connectivity index (χ2v) is 7.11. The molecule has 9 nitrogen and oxygen atoms in total. The zero-order valence-corrected chi connectivity index (χ0v) is 15.7. The van der Waals surface area contributed by atoms with E-state index in [-0.39, 0.29) is 6.04 Å². The highest BCUT2D eigenvalue weighted by atomic mass is 16.3. The summed E-state index contributed by atoms with van der Waals surface area (Å²) in [4.78, 5) is 12.9. The van der Waals surface area contributed by atoms with Crippen LogP contribution in [0.15, 0.2) is 58.2 Å². The number of hydrogen-bond donors (Lipinski definition) is 3. The molecular formula is C20H21N7O2. The number of nitrogens with zero attached hydrogens (tertiary/aromatic N) is 4. The molecule has 1 aliphatic carbocycles. The largest absolute Gasteiger partial charge is 0.469 e. The molecule has 4 aromatic rings. The van der Waals surface area contributed by atoms with Crippen LogP contribution in [0.2, 0.25) is 0 Å². The lowest BCUT2D eigenvalue weighted by Crippen LogP contribution is -2.14. The lowest BCUT2D eigenvalue weighted by Gasteiger charge is -2.15. The van der Waals surface area contributed by atoms with E-state index in [2.05, 4.69) is 35.8 Å². The third-order valence-corrected chi connectivity index (χ3v) is 4.89. The second kappa shape index (κ2) is 7.78. The maximum absolute atomic E-state index is 5.48. The first-order valence-electron chi connectivity index (χ1n) is 9.65. The fourth-order valence-corrected chi connectivity index (χ4v) is 3.27. The molecule has 0 spiro atoms. The molecule has 1 aliphatic rings. The van der Waals surface area contributed by atoms with Crippen molar-refractivity contribution in [3.8, 4) is 0 Å². The molecule has 1 atom stereocenters. The first-order valence-corrected chi connectivity index (χ1v) is 9.65. The average Bonchev–Trinajstić information content (AvgIpc) is 3.15. The number of aromatic nitrogens is 5. The van der Waals surface area contributed by atoms with E-state index in [1.54, 1.807) is 18.7 Å². The number of H-pyrrole nitrogens is 1. The van der Waals surface area contributed by atoms with Gasteiger partial charge in [-0.1, -0.05) is 0 Å². The van der Waals surface area contributed by atoms with Crippen molar-refractivity contribution in [1.29, 1.82) is 0 Å². The summed E-state index contributed by atoms with van der Waals surface area (Å²) in [5.74, 6) is 4.28. The van der Waals surface area contributed by atoms with E-state index in [1.165, 1.54) is 6.39 Å². The summed E-state index contributed by atoms with van der Waals surface area (Å²) in [5.41, 5.74) is 0.954. The Hall–Kier alpha value is -3.62. The van der Waals surface area contributed by atoms with Crippen LogP contribution in [0.5, 0.6) is 0 Å². The molecule has 0 aromatic carbocycles. The van der Waals surface area contributed by atoms with Crippen LogP contribution >= 0.6 is 0 Å². The molecular weight excluding hydrogens is 370 g/mol. The highest BCUT2D eigenvalue weighted by Gasteiger charge is 2.35. The first-order chi connectivity index (χ1) is 14.3. The van der Waals surface area contributed by atoms with Gasteiger partial charge in [-0.2, -0.15) is 10.1 Å². The number of nitrogens with one attached hydrogen (secondary N) is 3. The summed E-state index contributed by atoms with van der Waals surface area (Å²) in [7, 11) is 0. The summed E-state index contributed by atoms with van der Waals surface area (Å²) in [5, 5.41) is 14.0. The van der Waals surface area contributed by atoms with Gasteiger partial charge in [-0.3, -0.25) is 5.10 Å². The SMILES string of the molecule is c1coc(CCc2cc(Nc3ccnc(NC(c4cnco4)C4CC4)n3)[nH]n2)c1. The monoisotopic (exact) mass is 391 g/mol. The molecule has 4 aromatic heterocycles. The number of furan rings is 1. The van der Waals surface area contributed by atoms with Crippen molar-refractivity contribution in [3.05, 3.63) is 66.5 Å². The van der Waals surface area contributed by atoms with Crippen LogP contribution < -0.4 is 10.6 Å². The number of rotatable bonds is 9. The Morgan fingerprint density at radius 3 is 2.97 bits per heavy atom. The van der Waals surface area contributed by atoms with Crippen LogP contribution in [0, 0.1) is 5.92 Å². The molecule has 0 aliphatic heterocycles. The Morgan fingerprint density at radius 1 is 1.21 bits per heavy atom. The minimum Gasteiger partial charge on any atom is -0.469 e. The maximum atomic E-state index is 5.48. The van der Waals surface area contributed by atoms with E-state index in [9.17, 15) is 0 Å². The predicted octanol–water partition coefficient (Wildman–Crippen LogP) is 3.87. The smallest absolute Gasteiger partial charge is 0.225 e. The van der Waals surface area contributed by atoms with Crippen molar-refractivity contribution in [1.82, 2.24) is 25.1 Å². The van der Waals surface area contributed by atoms with Crippen molar-refractivity contribution in [2.45, 2.75) is 31.7 Å². The van der Waals surface area contributed by atoms with Crippen LogP contribution in [-0.2, 0) is 12.8 Å². The van der Waals surface area contributed by atoms with Gasteiger partial charge in [-0.15, -0.1) is 0 Å². The van der Waals surface area contributed by atoms with Crippen LogP contribution in [0.1, 0.15) is 36.1 Å². The standard InChI is InChI=1S/C20H21N7O2/c1-2-15(28-9-1)6-5-14-10-18(27-26-14)23-17-7-8-22-20(24-17)25-19(13-3-4-13)16-11-21-12-29-16/h1-2,7-13,19H,3-6H2,(H3,22,23,24,25,26,27). The van der Waals surface area contributed by atoms with Crippen molar-refractivity contribution in [2.24, 2.45) is 5.92 Å². The molecule has 3 N–H and O–H groups in total. The van der Waals surface area contributed by atoms with Crippen molar-refractivity contribution in [2.75, 3.05) is 10.6 Å². The van der Waals surface area contributed by atoms with Crippen LogP contribution in [0.4, 0.5) is 17.6 Å². The molecule has 1 unspecified atom stereocenters.